The number of halogens is 2. The lowest BCUT2D eigenvalue weighted by Gasteiger charge is -2.29. The number of hydrogen-bond donors (Lipinski definition) is 3. The number of hydrogen-bond acceptors (Lipinski definition) is 3. The molecule has 2 atom stereocenters. The Kier molecular flexibility index (Phi) is 5.99. The summed E-state index contributed by atoms with van der Waals surface area (Å²) in [7, 11) is 0. The molecule has 0 aliphatic heterocycles. The third-order valence-electron chi connectivity index (χ3n) is 3.61. The standard InChI is InChI=1S/C15H20F2N2O3/c1-4-9(2)15(3,22)8-18-13(20)14(21)19-12-6-10(16)5-11(17)7-12/h5-7,9,22H,4,8H2,1-3H3,(H,18,20)(H,19,21)/t9-,15-/m0/s1. The highest BCUT2D eigenvalue weighted by Gasteiger charge is 2.28. The molecule has 0 aliphatic rings. The molecular weight excluding hydrogens is 294 g/mol. The molecule has 1 aromatic carbocycles. The third-order valence-corrected chi connectivity index (χ3v) is 3.61. The van der Waals surface area contributed by atoms with Gasteiger partial charge in [0.05, 0.1) is 5.60 Å². The third kappa shape index (κ3) is 5.07. The first-order valence-corrected chi connectivity index (χ1v) is 6.93. The number of nitrogens with one attached hydrogen (secondary N) is 2. The van der Waals surface area contributed by atoms with Crippen LogP contribution in [-0.2, 0) is 9.59 Å². The summed E-state index contributed by atoms with van der Waals surface area (Å²) in [6.07, 6.45) is 0.706. The summed E-state index contributed by atoms with van der Waals surface area (Å²) in [6, 6.07) is 2.44. The smallest absolute Gasteiger partial charge is 0.313 e. The number of carbonyl (C=O) groups excluding carboxylic acids is 2. The van der Waals surface area contributed by atoms with Crippen LogP contribution < -0.4 is 10.6 Å². The van der Waals surface area contributed by atoms with Crippen molar-refractivity contribution in [1.29, 1.82) is 0 Å². The molecule has 0 heterocycles. The molecule has 3 N–H and O–H groups in total. The van der Waals surface area contributed by atoms with E-state index < -0.39 is 29.0 Å². The van der Waals surface area contributed by atoms with E-state index in [0.29, 0.717) is 12.5 Å². The minimum absolute atomic E-state index is 0.0758. The topological polar surface area (TPSA) is 78.4 Å². The summed E-state index contributed by atoms with van der Waals surface area (Å²) in [5, 5.41) is 14.5. The molecule has 0 bridgehead atoms. The predicted octanol–water partition coefficient (Wildman–Crippen LogP) is 1.82. The molecule has 2 amide bonds. The molecular formula is C15H20F2N2O3. The molecule has 5 nitrogen and oxygen atoms in total. The average Bonchev–Trinajstić information content (AvgIpc) is 2.42. The highest BCUT2D eigenvalue weighted by Crippen LogP contribution is 2.18. The molecule has 0 aromatic heterocycles. The quantitative estimate of drug-likeness (QED) is 0.725. The predicted molar refractivity (Wildman–Crippen MR) is 78.1 cm³/mol. The first-order chi connectivity index (χ1) is 10.2. The van der Waals surface area contributed by atoms with Gasteiger partial charge in [-0.15, -0.1) is 0 Å². The highest BCUT2D eigenvalue weighted by molar-refractivity contribution is 6.39. The van der Waals surface area contributed by atoms with Crippen molar-refractivity contribution in [1.82, 2.24) is 5.32 Å². The van der Waals surface area contributed by atoms with Crippen LogP contribution in [0.2, 0.25) is 0 Å². The molecule has 0 spiro atoms. The van der Waals surface area contributed by atoms with Crippen LogP contribution in [0.4, 0.5) is 14.5 Å². The SMILES string of the molecule is CC[C@H](C)[C@@](C)(O)CNC(=O)C(=O)Nc1cc(F)cc(F)c1. The minimum Gasteiger partial charge on any atom is -0.388 e. The van der Waals surface area contributed by atoms with Crippen LogP contribution in [-0.4, -0.2) is 29.1 Å². The number of aliphatic hydroxyl groups is 1. The van der Waals surface area contributed by atoms with E-state index in [4.69, 9.17) is 0 Å². The van der Waals surface area contributed by atoms with Gasteiger partial charge >= 0.3 is 11.8 Å². The van der Waals surface area contributed by atoms with Crippen molar-refractivity contribution in [2.75, 3.05) is 11.9 Å². The van der Waals surface area contributed by atoms with Crippen molar-refractivity contribution in [3.8, 4) is 0 Å². The first kappa shape index (κ1) is 18.0. The van der Waals surface area contributed by atoms with Gasteiger partial charge in [-0.25, -0.2) is 8.78 Å². The summed E-state index contributed by atoms with van der Waals surface area (Å²) in [5.74, 6) is -3.86. The lowest BCUT2D eigenvalue weighted by Crippen LogP contribution is -2.47. The first-order valence-electron chi connectivity index (χ1n) is 6.93. The van der Waals surface area contributed by atoms with Crippen LogP contribution in [0.25, 0.3) is 0 Å². The zero-order chi connectivity index (χ0) is 16.9. The lowest BCUT2D eigenvalue weighted by molar-refractivity contribution is -0.137. The molecule has 122 valence electrons. The van der Waals surface area contributed by atoms with Gasteiger partial charge < -0.3 is 15.7 Å². The van der Waals surface area contributed by atoms with Crippen molar-refractivity contribution in [2.45, 2.75) is 32.8 Å². The Hall–Kier alpha value is -2.02. The van der Waals surface area contributed by atoms with E-state index in [1.807, 2.05) is 13.8 Å². The van der Waals surface area contributed by atoms with Crippen molar-refractivity contribution in [3.05, 3.63) is 29.8 Å². The fraction of sp³-hybridized carbons (Fsp3) is 0.467. The van der Waals surface area contributed by atoms with E-state index in [1.54, 1.807) is 6.92 Å². The summed E-state index contributed by atoms with van der Waals surface area (Å²) >= 11 is 0. The Morgan fingerprint density at radius 2 is 1.77 bits per heavy atom. The summed E-state index contributed by atoms with van der Waals surface area (Å²) in [6.45, 7) is 5.17. The molecule has 0 saturated heterocycles. The van der Waals surface area contributed by atoms with Crippen LogP contribution in [0.5, 0.6) is 0 Å². The van der Waals surface area contributed by atoms with Crippen molar-refractivity contribution < 1.29 is 23.5 Å². The Morgan fingerprint density at radius 3 is 2.27 bits per heavy atom. The molecule has 0 saturated carbocycles. The van der Waals surface area contributed by atoms with Gasteiger partial charge in [-0.3, -0.25) is 9.59 Å². The van der Waals surface area contributed by atoms with Gasteiger partial charge in [-0.2, -0.15) is 0 Å². The second-order valence-electron chi connectivity index (χ2n) is 5.46. The van der Waals surface area contributed by atoms with Crippen molar-refractivity contribution >= 4 is 17.5 Å². The Labute approximate surface area is 127 Å². The summed E-state index contributed by atoms with van der Waals surface area (Å²) in [5.41, 5.74) is -1.32. The maximum atomic E-state index is 13.0. The van der Waals surface area contributed by atoms with Gasteiger partial charge in [-0.1, -0.05) is 20.3 Å². The van der Waals surface area contributed by atoms with Crippen LogP contribution in [0.15, 0.2) is 18.2 Å². The molecule has 0 unspecified atom stereocenters. The second-order valence-corrected chi connectivity index (χ2v) is 5.46. The van der Waals surface area contributed by atoms with Gasteiger partial charge in [0.1, 0.15) is 11.6 Å². The van der Waals surface area contributed by atoms with Gasteiger partial charge in [0, 0.05) is 18.3 Å². The van der Waals surface area contributed by atoms with Gasteiger partial charge in [-0.05, 0) is 25.0 Å². The molecule has 0 aliphatic carbocycles. The Balaban J connectivity index is 2.61. The maximum Gasteiger partial charge on any atom is 0.313 e. The van der Waals surface area contributed by atoms with Crippen LogP contribution in [0.3, 0.4) is 0 Å². The molecule has 1 rings (SSSR count). The zero-order valence-corrected chi connectivity index (χ0v) is 12.7. The van der Waals surface area contributed by atoms with E-state index in [-0.39, 0.29) is 18.2 Å². The second kappa shape index (κ2) is 7.31. The van der Waals surface area contributed by atoms with Crippen molar-refractivity contribution in [2.24, 2.45) is 5.92 Å². The summed E-state index contributed by atoms with van der Waals surface area (Å²) in [4.78, 5) is 23.3. The van der Waals surface area contributed by atoms with Crippen LogP contribution >= 0.6 is 0 Å². The molecule has 1 aromatic rings. The lowest BCUT2D eigenvalue weighted by atomic mass is 9.89. The van der Waals surface area contributed by atoms with Crippen molar-refractivity contribution in [3.63, 3.8) is 0 Å². The number of rotatable bonds is 5. The van der Waals surface area contributed by atoms with Crippen LogP contribution in [0.1, 0.15) is 27.2 Å². The fourth-order valence-electron chi connectivity index (χ4n) is 1.77. The molecule has 0 fully saturated rings. The number of benzene rings is 1. The average molecular weight is 314 g/mol. The monoisotopic (exact) mass is 314 g/mol. The fourth-order valence-corrected chi connectivity index (χ4v) is 1.77. The molecule has 7 heteroatoms. The normalized spacial score (nSPS) is 14.8. The number of amides is 2. The summed E-state index contributed by atoms with van der Waals surface area (Å²) < 4.78 is 26.0. The van der Waals surface area contributed by atoms with E-state index in [1.165, 1.54) is 0 Å². The van der Waals surface area contributed by atoms with Gasteiger partial charge in [0.2, 0.25) is 0 Å². The minimum atomic E-state index is -1.16. The number of carbonyl (C=O) groups is 2. The highest BCUT2D eigenvalue weighted by atomic mass is 19.1. The zero-order valence-electron chi connectivity index (χ0n) is 12.7. The number of anilines is 1. The van der Waals surface area contributed by atoms with E-state index in [0.717, 1.165) is 12.1 Å². The largest absolute Gasteiger partial charge is 0.388 e. The molecule has 0 radical (unpaired) electrons. The van der Waals surface area contributed by atoms with E-state index in [2.05, 4.69) is 10.6 Å². The van der Waals surface area contributed by atoms with Crippen LogP contribution in [0, 0.1) is 17.6 Å². The maximum absolute atomic E-state index is 13.0. The Morgan fingerprint density at radius 1 is 1.23 bits per heavy atom. The Bertz CT molecular complexity index is 541. The van der Waals surface area contributed by atoms with Gasteiger partial charge in [0.15, 0.2) is 0 Å². The van der Waals surface area contributed by atoms with Gasteiger partial charge in [0.25, 0.3) is 0 Å². The van der Waals surface area contributed by atoms with E-state index >= 15 is 0 Å². The van der Waals surface area contributed by atoms with E-state index in [9.17, 15) is 23.5 Å². The molecule has 22 heavy (non-hydrogen) atoms.